The number of benzene rings is 1. The Hall–Kier alpha value is -2.46. The fourth-order valence-corrected chi connectivity index (χ4v) is 2.31. The average Bonchev–Trinajstić information content (AvgIpc) is 2.38. The van der Waals surface area contributed by atoms with Gasteiger partial charge in [-0.2, -0.15) is 5.26 Å². The third-order valence-electron chi connectivity index (χ3n) is 2.73. The second-order valence-electron chi connectivity index (χ2n) is 4.10. The fourth-order valence-electron chi connectivity index (χ4n) is 1.85. The summed E-state index contributed by atoms with van der Waals surface area (Å²) in [6.07, 6.45) is 0. The summed E-state index contributed by atoms with van der Waals surface area (Å²) in [5.41, 5.74) is 0.680. The molecule has 7 heteroatoms. The van der Waals surface area contributed by atoms with Crippen molar-refractivity contribution in [1.29, 1.82) is 5.26 Å². The van der Waals surface area contributed by atoms with Crippen LogP contribution in [0.5, 0.6) is 0 Å². The largest absolute Gasteiger partial charge is 0.325 e. The molecule has 0 saturated heterocycles. The molecule has 0 radical (unpaired) electrons. The van der Waals surface area contributed by atoms with E-state index in [0.29, 0.717) is 21.3 Å². The van der Waals surface area contributed by atoms with Crippen LogP contribution in [0.3, 0.4) is 0 Å². The lowest BCUT2D eigenvalue weighted by atomic mass is 10.0. The second kappa shape index (κ2) is 5.27. The number of aromatic amines is 1. The Morgan fingerprint density at radius 3 is 2.65 bits per heavy atom. The second-order valence-corrected chi connectivity index (χ2v) is 4.96. The number of H-pyrrole nitrogens is 1. The number of nitro groups is 1. The molecule has 0 unspecified atom stereocenters. The van der Waals surface area contributed by atoms with E-state index in [0.717, 1.165) is 0 Å². The van der Waals surface area contributed by atoms with Crippen LogP contribution in [-0.2, 0) is 0 Å². The van der Waals surface area contributed by atoms with Gasteiger partial charge in [-0.3, -0.25) is 14.9 Å². The van der Waals surface area contributed by atoms with Gasteiger partial charge in [0.2, 0.25) is 0 Å². The molecule has 0 saturated carbocycles. The minimum Gasteiger partial charge on any atom is -0.325 e. The maximum absolute atomic E-state index is 11.8. The summed E-state index contributed by atoms with van der Waals surface area (Å²) < 4.78 is 0.574. The Labute approximate surface area is 122 Å². The van der Waals surface area contributed by atoms with Gasteiger partial charge < -0.3 is 4.98 Å². The molecule has 0 aliphatic rings. The molecule has 100 valence electrons. The van der Waals surface area contributed by atoms with Crippen molar-refractivity contribution in [2.45, 2.75) is 6.92 Å². The average molecular weight is 334 g/mol. The normalized spacial score (nSPS) is 10.1. The zero-order valence-corrected chi connectivity index (χ0v) is 11.9. The van der Waals surface area contributed by atoms with Gasteiger partial charge in [0.25, 0.3) is 11.2 Å². The van der Waals surface area contributed by atoms with Gasteiger partial charge in [-0.1, -0.05) is 15.9 Å². The summed E-state index contributed by atoms with van der Waals surface area (Å²) in [5.74, 6) is 0. The molecule has 0 bridgehead atoms. The first-order valence-corrected chi connectivity index (χ1v) is 6.31. The van der Waals surface area contributed by atoms with Gasteiger partial charge in [-0.05, 0) is 19.1 Å². The SMILES string of the molecule is Cc1cc(-c2cc([N+](=O)[O-])ccc2Br)c(C#N)c(=O)[nH]1. The minimum atomic E-state index is -0.526. The minimum absolute atomic E-state index is 0.0724. The number of nitro benzene ring substituents is 1. The lowest BCUT2D eigenvalue weighted by molar-refractivity contribution is -0.384. The highest BCUT2D eigenvalue weighted by molar-refractivity contribution is 9.10. The zero-order chi connectivity index (χ0) is 14.9. The van der Waals surface area contributed by atoms with E-state index < -0.39 is 10.5 Å². The summed E-state index contributed by atoms with van der Waals surface area (Å²) in [4.78, 5) is 24.6. The maximum Gasteiger partial charge on any atom is 0.270 e. The molecule has 20 heavy (non-hydrogen) atoms. The van der Waals surface area contributed by atoms with Crippen LogP contribution < -0.4 is 5.56 Å². The number of hydrogen-bond donors (Lipinski definition) is 1. The number of hydrogen-bond acceptors (Lipinski definition) is 4. The molecule has 1 aromatic carbocycles. The zero-order valence-electron chi connectivity index (χ0n) is 10.3. The number of halogens is 1. The van der Waals surface area contributed by atoms with Crippen molar-refractivity contribution in [2.75, 3.05) is 0 Å². The van der Waals surface area contributed by atoms with Gasteiger partial charge in [-0.15, -0.1) is 0 Å². The predicted molar refractivity (Wildman–Crippen MR) is 76.3 cm³/mol. The number of rotatable bonds is 2. The van der Waals surface area contributed by atoms with E-state index in [1.165, 1.54) is 18.2 Å². The summed E-state index contributed by atoms with van der Waals surface area (Å²) in [6, 6.07) is 7.64. The lowest BCUT2D eigenvalue weighted by Crippen LogP contribution is -2.12. The molecule has 0 aliphatic heterocycles. The van der Waals surface area contributed by atoms with Crippen molar-refractivity contribution in [3.8, 4) is 17.2 Å². The van der Waals surface area contributed by atoms with Gasteiger partial charge in [0.05, 0.1) is 4.92 Å². The smallest absolute Gasteiger partial charge is 0.270 e. The van der Waals surface area contributed by atoms with Crippen molar-refractivity contribution < 1.29 is 4.92 Å². The van der Waals surface area contributed by atoms with Crippen LogP contribution in [-0.4, -0.2) is 9.91 Å². The topological polar surface area (TPSA) is 99.8 Å². The third-order valence-corrected chi connectivity index (χ3v) is 3.42. The summed E-state index contributed by atoms with van der Waals surface area (Å²) in [7, 11) is 0. The van der Waals surface area contributed by atoms with E-state index in [-0.39, 0.29) is 11.3 Å². The van der Waals surface area contributed by atoms with E-state index >= 15 is 0 Å². The molecule has 1 aromatic heterocycles. The third kappa shape index (κ3) is 2.46. The molecule has 0 spiro atoms. The maximum atomic E-state index is 11.8. The highest BCUT2D eigenvalue weighted by atomic mass is 79.9. The van der Waals surface area contributed by atoms with Crippen molar-refractivity contribution in [3.63, 3.8) is 0 Å². The standard InChI is InChI=1S/C13H8BrN3O3/c1-7-4-9(11(6-15)13(18)16-7)10-5-8(17(19)20)2-3-12(10)14/h2-5H,1H3,(H,16,18). The first-order chi connectivity index (χ1) is 9.43. The quantitative estimate of drug-likeness (QED) is 0.674. The predicted octanol–water partition coefficient (Wildman–Crippen LogP) is 2.89. The van der Waals surface area contributed by atoms with Crippen LogP contribution >= 0.6 is 15.9 Å². The van der Waals surface area contributed by atoms with Crippen molar-refractivity contribution >= 4 is 21.6 Å². The molecule has 0 atom stereocenters. The van der Waals surface area contributed by atoms with Crippen LogP contribution in [0.15, 0.2) is 33.5 Å². The Kier molecular flexibility index (Phi) is 3.68. The van der Waals surface area contributed by atoms with E-state index in [9.17, 15) is 14.9 Å². The molecule has 2 aromatic rings. The van der Waals surface area contributed by atoms with E-state index in [2.05, 4.69) is 20.9 Å². The number of aryl methyl sites for hydroxylation is 1. The van der Waals surface area contributed by atoms with Crippen LogP contribution in [0.2, 0.25) is 0 Å². The monoisotopic (exact) mass is 333 g/mol. The Balaban J connectivity index is 2.81. The highest BCUT2D eigenvalue weighted by Crippen LogP contribution is 2.32. The van der Waals surface area contributed by atoms with Crippen molar-refractivity contribution in [1.82, 2.24) is 4.98 Å². The van der Waals surface area contributed by atoms with Crippen LogP contribution in [0, 0.1) is 28.4 Å². The highest BCUT2D eigenvalue weighted by Gasteiger charge is 2.16. The number of non-ortho nitro benzene ring substituents is 1. The van der Waals surface area contributed by atoms with Crippen LogP contribution in [0.1, 0.15) is 11.3 Å². The molecule has 0 amide bonds. The Morgan fingerprint density at radius 2 is 2.05 bits per heavy atom. The van der Waals surface area contributed by atoms with Gasteiger partial charge >= 0.3 is 0 Å². The molecule has 0 fully saturated rings. The number of nitrogens with one attached hydrogen (secondary N) is 1. The number of pyridine rings is 1. The molecular weight excluding hydrogens is 326 g/mol. The van der Waals surface area contributed by atoms with E-state index in [1.54, 1.807) is 13.0 Å². The number of aromatic nitrogens is 1. The summed E-state index contributed by atoms with van der Waals surface area (Å²) >= 11 is 3.28. The van der Waals surface area contributed by atoms with Crippen molar-refractivity contribution in [2.24, 2.45) is 0 Å². The van der Waals surface area contributed by atoms with Crippen LogP contribution in [0.4, 0.5) is 5.69 Å². The summed E-state index contributed by atoms with van der Waals surface area (Å²) in [5, 5.41) is 19.9. The summed E-state index contributed by atoms with van der Waals surface area (Å²) in [6.45, 7) is 1.68. The van der Waals surface area contributed by atoms with Gasteiger partial charge in [-0.25, -0.2) is 0 Å². The van der Waals surface area contributed by atoms with E-state index in [4.69, 9.17) is 5.26 Å². The molecular formula is C13H8BrN3O3. The lowest BCUT2D eigenvalue weighted by Gasteiger charge is -2.07. The Bertz CT molecular complexity index is 805. The molecule has 1 N–H and O–H groups in total. The van der Waals surface area contributed by atoms with Crippen LogP contribution in [0.25, 0.3) is 11.1 Å². The molecule has 0 aliphatic carbocycles. The molecule has 6 nitrogen and oxygen atoms in total. The Morgan fingerprint density at radius 1 is 1.35 bits per heavy atom. The fraction of sp³-hybridized carbons (Fsp3) is 0.0769. The van der Waals surface area contributed by atoms with Gasteiger partial charge in [0.1, 0.15) is 11.6 Å². The number of nitriles is 1. The first-order valence-electron chi connectivity index (χ1n) is 5.52. The number of nitrogens with zero attached hydrogens (tertiary/aromatic N) is 2. The van der Waals surface area contributed by atoms with E-state index in [1.807, 2.05) is 6.07 Å². The van der Waals surface area contributed by atoms with Gasteiger partial charge in [0, 0.05) is 33.4 Å². The van der Waals surface area contributed by atoms with Crippen molar-refractivity contribution in [3.05, 3.63) is 60.5 Å². The molecule has 1 heterocycles. The first kappa shape index (κ1) is 14.0. The molecule has 2 rings (SSSR count). The van der Waals surface area contributed by atoms with Gasteiger partial charge in [0.15, 0.2) is 0 Å².